The van der Waals surface area contributed by atoms with Crippen molar-refractivity contribution < 1.29 is 0 Å². The number of rotatable bonds is 7. The van der Waals surface area contributed by atoms with Gasteiger partial charge in [0.1, 0.15) is 0 Å². The fourth-order valence-electron chi connectivity index (χ4n) is 2.37. The first-order valence-corrected chi connectivity index (χ1v) is 6.41. The van der Waals surface area contributed by atoms with E-state index in [2.05, 4.69) is 35.8 Å². The average Bonchev–Trinajstić information content (AvgIpc) is 2.66. The van der Waals surface area contributed by atoms with Crippen LogP contribution in [0, 0.1) is 0 Å². The van der Waals surface area contributed by atoms with Crippen molar-refractivity contribution >= 4 is 0 Å². The maximum atomic E-state index is 5.58. The Kier molecular flexibility index (Phi) is 6.28. The van der Waals surface area contributed by atoms with E-state index in [1.807, 2.05) is 0 Å². The second-order valence-electron chi connectivity index (χ2n) is 5.17. The quantitative estimate of drug-likeness (QED) is 0.660. The predicted octanol–water partition coefficient (Wildman–Crippen LogP) is -0.0971. The maximum absolute atomic E-state index is 5.58. The summed E-state index contributed by atoms with van der Waals surface area (Å²) in [4.78, 5) is 7.25. The minimum Gasteiger partial charge on any atom is -0.329 e. The molecule has 0 saturated carbocycles. The first kappa shape index (κ1) is 13.9. The van der Waals surface area contributed by atoms with E-state index in [0.29, 0.717) is 0 Å². The van der Waals surface area contributed by atoms with Gasteiger partial charge in [-0.2, -0.15) is 0 Å². The van der Waals surface area contributed by atoms with Gasteiger partial charge in [0.2, 0.25) is 0 Å². The van der Waals surface area contributed by atoms with Crippen molar-refractivity contribution in [3.05, 3.63) is 0 Å². The molecule has 1 rings (SSSR count). The lowest BCUT2D eigenvalue weighted by Gasteiger charge is -2.24. The van der Waals surface area contributed by atoms with E-state index in [1.54, 1.807) is 0 Å². The van der Waals surface area contributed by atoms with Crippen LogP contribution in [-0.2, 0) is 0 Å². The minimum atomic E-state index is 0.725. The molecule has 0 amide bonds. The molecule has 4 nitrogen and oxygen atoms in total. The zero-order valence-electron chi connectivity index (χ0n) is 11.2. The molecule has 1 fully saturated rings. The number of nitrogens with zero attached hydrogens (tertiary/aromatic N) is 3. The third kappa shape index (κ3) is 4.78. The highest BCUT2D eigenvalue weighted by Gasteiger charge is 2.24. The standard InChI is InChI=1S/C12H28N4/c1-14(2)7-4-8-16-9-5-12(11-16)15(3)10-6-13/h12H,4-11,13H2,1-3H3. The number of likely N-dealkylation sites (N-methyl/N-ethyl adjacent to an activating group) is 1. The van der Waals surface area contributed by atoms with Crippen LogP contribution in [0.25, 0.3) is 0 Å². The Balaban J connectivity index is 2.14. The van der Waals surface area contributed by atoms with Crippen molar-refractivity contribution in [2.24, 2.45) is 5.73 Å². The monoisotopic (exact) mass is 228 g/mol. The highest BCUT2D eigenvalue weighted by Crippen LogP contribution is 2.14. The average molecular weight is 228 g/mol. The van der Waals surface area contributed by atoms with Gasteiger partial charge in [-0.05, 0) is 53.6 Å². The van der Waals surface area contributed by atoms with Crippen LogP contribution in [0.15, 0.2) is 0 Å². The van der Waals surface area contributed by atoms with Crippen molar-refractivity contribution in [3.63, 3.8) is 0 Å². The second kappa shape index (κ2) is 7.22. The lowest BCUT2D eigenvalue weighted by Crippen LogP contribution is -2.37. The molecular weight excluding hydrogens is 200 g/mol. The van der Waals surface area contributed by atoms with Gasteiger partial charge >= 0.3 is 0 Å². The fourth-order valence-corrected chi connectivity index (χ4v) is 2.37. The molecule has 96 valence electrons. The van der Waals surface area contributed by atoms with E-state index >= 15 is 0 Å². The van der Waals surface area contributed by atoms with Crippen molar-refractivity contribution in [1.29, 1.82) is 0 Å². The lowest BCUT2D eigenvalue weighted by atomic mass is 10.2. The van der Waals surface area contributed by atoms with Crippen LogP contribution in [-0.4, -0.2) is 81.2 Å². The molecule has 0 aromatic heterocycles. The lowest BCUT2D eigenvalue weighted by molar-refractivity contribution is 0.232. The maximum Gasteiger partial charge on any atom is 0.0232 e. The highest BCUT2D eigenvalue weighted by molar-refractivity contribution is 4.82. The molecule has 1 aliphatic heterocycles. The molecule has 16 heavy (non-hydrogen) atoms. The first-order valence-electron chi connectivity index (χ1n) is 6.41. The first-order chi connectivity index (χ1) is 7.63. The summed E-state index contributed by atoms with van der Waals surface area (Å²) in [6.45, 7) is 6.71. The topological polar surface area (TPSA) is 35.7 Å². The van der Waals surface area contributed by atoms with E-state index < -0.39 is 0 Å². The zero-order chi connectivity index (χ0) is 12.0. The van der Waals surface area contributed by atoms with Gasteiger partial charge in [-0.1, -0.05) is 0 Å². The zero-order valence-corrected chi connectivity index (χ0v) is 11.2. The van der Waals surface area contributed by atoms with Crippen LogP contribution < -0.4 is 5.73 Å². The van der Waals surface area contributed by atoms with Gasteiger partial charge < -0.3 is 20.4 Å². The molecule has 0 spiro atoms. The van der Waals surface area contributed by atoms with E-state index in [1.165, 1.54) is 39.0 Å². The normalized spacial score (nSPS) is 22.5. The molecule has 1 aliphatic rings. The van der Waals surface area contributed by atoms with Crippen LogP contribution in [0.3, 0.4) is 0 Å². The van der Waals surface area contributed by atoms with Crippen molar-refractivity contribution in [3.8, 4) is 0 Å². The molecule has 0 aromatic carbocycles. The van der Waals surface area contributed by atoms with E-state index in [9.17, 15) is 0 Å². The van der Waals surface area contributed by atoms with E-state index in [-0.39, 0.29) is 0 Å². The van der Waals surface area contributed by atoms with E-state index in [0.717, 1.165) is 19.1 Å². The fraction of sp³-hybridized carbons (Fsp3) is 1.00. The molecular formula is C12H28N4. The van der Waals surface area contributed by atoms with Gasteiger partial charge in [-0.25, -0.2) is 0 Å². The summed E-state index contributed by atoms with van der Waals surface area (Å²) in [6.07, 6.45) is 2.58. The molecule has 4 heteroatoms. The predicted molar refractivity (Wildman–Crippen MR) is 69.7 cm³/mol. The third-order valence-corrected chi connectivity index (χ3v) is 3.43. The Bertz CT molecular complexity index is 184. The summed E-state index contributed by atoms with van der Waals surface area (Å²) in [5.74, 6) is 0. The Labute approximate surface area is 100 Å². The number of hydrogen-bond donors (Lipinski definition) is 1. The molecule has 1 atom stereocenters. The highest BCUT2D eigenvalue weighted by atomic mass is 15.2. The molecule has 0 radical (unpaired) electrons. The largest absolute Gasteiger partial charge is 0.329 e. The van der Waals surface area contributed by atoms with Crippen molar-refractivity contribution in [2.75, 3.05) is 60.4 Å². The molecule has 0 bridgehead atoms. The number of likely N-dealkylation sites (tertiary alicyclic amines) is 1. The smallest absolute Gasteiger partial charge is 0.0232 e. The van der Waals surface area contributed by atoms with Gasteiger partial charge in [0.15, 0.2) is 0 Å². The molecule has 0 aliphatic carbocycles. The van der Waals surface area contributed by atoms with Gasteiger partial charge in [0, 0.05) is 25.7 Å². The summed E-state index contributed by atoms with van der Waals surface area (Å²) in [6, 6.07) is 0.725. The summed E-state index contributed by atoms with van der Waals surface area (Å²) in [7, 11) is 6.48. The SMILES string of the molecule is CN(C)CCCN1CCC(N(C)CCN)C1. The van der Waals surface area contributed by atoms with Crippen molar-refractivity contribution in [1.82, 2.24) is 14.7 Å². The van der Waals surface area contributed by atoms with E-state index in [4.69, 9.17) is 5.73 Å². The summed E-state index contributed by atoms with van der Waals surface area (Å²) in [5.41, 5.74) is 5.58. The van der Waals surface area contributed by atoms with Crippen LogP contribution in [0.5, 0.6) is 0 Å². The second-order valence-corrected chi connectivity index (χ2v) is 5.17. The molecule has 1 heterocycles. The summed E-state index contributed by atoms with van der Waals surface area (Å²) in [5, 5.41) is 0. The van der Waals surface area contributed by atoms with Gasteiger partial charge in [-0.15, -0.1) is 0 Å². The van der Waals surface area contributed by atoms with Gasteiger partial charge in [0.05, 0.1) is 0 Å². The summed E-state index contributed by atoms with van der Waals surface area (Å²) >= 11 is 0. The number of nitrogens with two attached hydrogens (primary N) is 1. The Hall–Kier alpha value is -0.160. The summed E-state index contributed by atoms with van der Waals surface area (Å²) < 4.78 is 0. The van der Waals surface area contributed by atoms with Gasteiger partial charge in [0.25, 0.3) is 0 Å². The van der Waals surface area contributed by atoms with Crippen molar-refractivity contribution in [2.45, 2.75) is 18.9 Å². The third-order valence-electron chi connectivity index (χ3n) is 3.43. The molecule has 0 aromatic rings. The molecule has 2 N–H and O–H groups in total. The Morgan fingerprint density at radius 2 is 2.00 bits per heavy atom. The Morgan fingerprint density at radius 3 is 2.62 bits per heavy atom. The van der Waals surface area contributed by atoms with Gasteiger partial charge in [-0.3, -0.25) is 0 Å². The number of hydrogen-bond acceptors (Lipinski definition) is 4. The van der Waals surface area contributed by atoms with Crippen LogP contribution in [0.2, 0.25) is 0 Å². The molecule has 1 unspecified atom stereocenters. The van der Waals surface area contributed by atoms with Crippen LogP contribution in [0.4, 0.5) is 0 Å². The minimum absolute atomic E-state index is 0.725. The molecule has 1 saturated heterocycles. The van der Waals surface area contributed by atoms with Crippen LogP contribution >= 0.6 is 0 Å². The van der Waals surface area contributed by atoms with Crippen LogP contribution in [0.1, 0.15) is 12.8 Å². The Morgan fingerprint density at radius 1 is 1.25 bits per heavy atom.